The minimum absolute atomic E-state index is 0.0476. The first kappa shape index (κ1) is 21.2. The number of benzene rings is 1. The number of carbonyl (C=O) groups excluding carboxylic acids is 2. The fourth-order valence-corrected chi connectivity index (χ4v) is 5.84. The van der Waals surface area contributed by atoms with Crippen LogP contribution in [0.4, 0.5) is 16.2 Å². The summed E-state index contributed by atoms with van der Waals surface area (Å²) in [6.45, 7) is 5.46. The molecule has 1 fully saturated rings. The van der Waals surface area contributed by atoms with Gasteiger partial charge in [-0.15, -0.1) is 11.3 Å². The zero-order valence-corrected chi connectivity index (χ0v) is 19.3. The summed E-state index contributed by atoms with van der Waals surface area (Å²) in [5.41, 5.74) is 3.11. The summed E-state index contributed by atoms with van der Waals surface area (Å²) in [4.78, 5) is 30.0. The van der Waals surface area contributed by atoms with E-state index in [0.29, 0.717) is 18.5 Å². The number of allylic oxidation sites excluding steroid dienone is 1. The average molecular weight is 452 g/mol. The van der Waals surface area contributed by atoms with Gasteiger partial charge in [0.1, 0.15) is 6.04 Å². The molecule has 5 rings (SSSR count). The number of Topliss-reactive ketones (excluding diaryl/α,β-unsaturated/α-hetero) is 1. The number of para-hydroxylation sites is 2. The minimum atomic E-state index is -0.464. The number of nitrogens with zero attached hydrogens (tertiary/aromatic N) is 1. The lowest BCUT2D eigenvalue weighted by molar-refractivity contribution is -0.118. The average Bonchev–Trinajstić information content (AvgIpc) is 3.43. The van der Waals surface area contributed by atoms with E-state index in [9.17, 15) is 9.59 Å². The highest BCUT2D eigenvalue weighted by Crippen LogP contribution is 2.48. The lowest BCUT2D eigenvalue weighted by Gasteiger charge is -2.36. The summed E-state index contributed by atoms with van der Waals surface area (Å²) in [6, 6.07) is 11.1. The summed E-state index contributed by atoms with van der Waals surface area (Å²) >= 11 is 1.58. The van der Waals surface area contributed by atoms with Crippen molar-refractivity contribution in [2.75, 3.05) is 23.4 Å². The minimum Gasteiger partial charge on any atom is -0.376 e. The third-order valence-electron chi connectivity index (χ3n) is 6.44. The van der Waals surface area contributed by atoms with Crippen LogP contribution in [0.15, 0.2) is 53.0 Å². The van der Waals surface area contributed by atoms with Crippen molar-refractivity contribution in [3.05, 3.63) is 57.9 Å². The van der Waals surface area contributed by atoms with Gasteiger partial charge in [0.15, 0.2) is 5.78 Å². The molecule has 168 valence electrons. The number of fused-ring (bicyclic) bond motifs is 1. The predicted molar refractivity (Wildman–Crippen MR) is 127 cm³/mol. The normalized spacial score (nSPS) is 24.4. The van der Waals surface area contributed by atoms with Crippen LogP contribution in [0.5, 0.6) is 0 Å². The first-order chi connectivity index (χ1) is 15.4. The third-order valence-corrected chi connectivity index (χ3v) is 7.36. The number of hydrogen-bond acceptors (Lipinski definition) is 5. The maximum Gasteiger partial charge on any atom is 0.322 e. The van der Waals surface area contributed by atoms with E-state index in [2.05, 4.69) is 24.5 Å². The van der Waals surface area contributed by atoms with E-state index in [1.54, 1.807) is 16.2 Å². The molecule has 3 aliphatic rings. The Balaban J connectivity index is 1.61. The molecule has 0 saturated carbocycles. The fraction of sp³-hybridized carbons (Fsp3) is 0.440. The van der Waals surface area contributed by atoms with Gasteiger partial charge in [-0.1, -0.05) is 32.0 Å². The molecule has 32 heavy (non-hydrogen) atoms. The second-order valence-electron chi connectivity index (χ2n) is 9.58. The highest BCUT2D eigenvalue weighted by atomic mass is 32.1. The summed E-state index contributed by atoms with van der Waals surface area (Å²) in [6.07, 6.45) is 3.25. The van der Waals surface area contributed by atoms with E-state index < -0.39 is 6.04 Å². The van der Waals surface area contributed by atoms with Gasteiger partial charge in [0, 0.05) is 35.7 Å². The summed E-state index contributed by atoms with van der Waals surface area (Å²) < 4.78 is 5.70. The molecule has 2 aliphatic heterocycles. The van der Waals surface area contributed by atoms with Crippen molar-refractivity contribution in [1.82, 2.24) is 5.32 Å². The topological polar surface area (TPSA) is 70.7 Å². The molecule has 1 saturated heterocycles. The van der Waals surface area contributed by atoms with Gasteiger partial charge in [-0.05, 0) is 48.3 Å². The quantitative estimate of drug-likeness (QED) is 0.668. The van der Waals surface area contributed by atoms with Gasteiger partial charge >= 0.3 is 6.03 Å². The largest absolute Gasteiger partial charge is 0.376 e. The van der Waals surface area contributed by atoms with Crippen molar-refractivity contribution in [2.45, 2.75) is 51.7 Å². The number of amides is 2. The van der Waals surface area contributed by atoms with Crippen LogP contribution in [0.1, 0.15) is 50.4 Å². The first-order valence-corrected chi connectivity index (χ1v) is 12.2. The molecule has 2 unspecified atom stereocenters. The van der Waals surface area contributed by atoms with Crippen LogP contribution in [-0.4, -0.2) is 31.1 Å². The van der Waals surface area contributed by atoms with Crippen molar-refractivity contribution in [3.8, 4) is 0 Å². The Hall–Kier alpha value is -2.64. The molecule has 3 heterocycles. The van der Waals surface area contributed by atoms with Crippen LogP contribution in [0.2, 0.25) is 0 Å². The highest BCUT2D eigenvalue weighted by molar-refractivity contribution is 7.10. The Morgan fingerprint density at radius 3 is 2.84 bits per heavy atom. The molecule has 1 aromatic carbocycles. The van der Waals surface area contributed by atoms with E-state index >= 15 is 0 Å². The fourth-order valence-electron chi connectivity index (χ4n) is 5.02. The molecule has 1 aromatic heterocycles. The summed E-state index contributed by atoms with van der Waals surface area (Å²) in [5, 5.41) is 8.62. The SMILES string of the molecule is CC1(C)CC(=O)C2=C(C1)Nc1ccccc1N(C(=O)NCC1CCCO1)C2c1cccs1. The Bertz CT molecular complexity index is 1050. The monoisotopic (exact) mass is 451 g/mol. The molecule has 2 atom stereocenters. The summed E-state index contributed by atoms with van der Waals surface area (Å²) in [7, 11) is 0. The van der Waals surface area contributed by atoms with Crippen molar-refractivity contribution >= 4 is 34.5 Å². The van der Waals surface area contributed by atoms with Crippen molar-refractivity contribution in [1.29, 1.82) is 0 Å². The lowest BCUT2D eigenvalue weighted by Crippen LogP contribution is -2.46. The maximum atomic E-state index is 13.7. The molecular weight excluding hydrogens is 422 g/mol. The van der Waals surface area contributed by atoms with Gasteiger partial charge in [-0.25, -0.2) is 4.79 Å². The van der Waals surface area contributed by atoms with Crippen molar-refractivity contribution in [3.63, 3.8) is 0 Å². The number of urea groups is 1. The Morgan fingerprint density at radius 2 is 2.09 bits per heavy atom. The van der Waals surface area contributed by atoms with Crippen LogP contribution in [-0.2, 0) is 9.53 Å². The van der Waals surface area contributed by atoms with Crippen LogP contribution >= 0.6 is 11.3 Å². The lowest BCUT2D eigenvalue weighted by atomic mass is 9.74. The number of hydrogen-bond donors (Lipinski definition) is 2. The molecule has 2 N–H and O–H groups in total. The molecule has 2 aromatic rings. The molecule has 0 radical (unpaired) electrons. The van der Waals surface area contributed by atoms with Crippen LogP contribution in [0.25, 0.3) is 0 Å². The van der Waals surface area contributed by atoms with Crippen LogP contribution in [0.3, 0.4) is 0 Å². The molecule has 2 amide bonds. The van der Waals surface area contributed by atoms with E-state index in [1.165, 1.54) is 0 Å². The first-order valence-electron chi connectivity index (χ1n) is 11.3. The molecule has 0 bridgehead atoms. The smallest absolute Gasteiger partial charge is 0.322 e. The highest BCUT2D eigenvalue weighted by Gasteiger charge is 2.43. The number of anilines is 2. The van der Waals surface area contributed by atoms with Crippen molar-refractivity contribution < 1.29 is 14.3 Å². The molecule has 6 nitrogen and oxygen atoms in total. The molecule has 1 aliphatic carbocycles. The van der Waals surface area contributed by atoms with Gasteiger partial charge in [-0.3, -0.25) is 9.69 Å². The number of thiophene rings is 1. The Morgan fingerprint density at radius 1 is 1.25 bits per heavy atom. The standard InChI is InChI=1S/C25H29N3O3S/c1-25(2)13-18-22(20(29)14-25)23(21-10-6-12-32-21)28(19-9-4-3-8-17(19)27-18)24(30)26-15-16-7-5-11-31-16/h3-4,6,8-10,12,16,23,27H,5,7,11,13-15H2,1-2H3,(H,26,30). The maximum absolute atomic E-state index is 13.7. The predicted octanol–water partition coefficient (Wildman–Crippen LogP) is 5.25. The number of nitrogens with one attached hydrogen (secondary N) is 2. The van der Waals surface area contributed by atoms with E-state index in [4.69, 9.17) is 4.74 Å². The Kier molecular flexibility index (Phi) is 5.55. The van der Waals surface area contributed by atoms with Crippen molar-refractivity contribution in [2.24, 2.45) is 5.41 Å². The molecular formula is C25H29N3O3S. The number of rotatable bonds is 3. The second-order valence-corrected chi connectivity index (χ2v) is 10.6. The Labute approximate surface area is 192 Å². The van der Waals surface area contributed by atoms with Gasteiger partial charge in [0.05, 0.1) is 17.5 Å². The van der Waals surface area contributed by atoms with E-state index in [0.717, 1.165) is 47.8 Å². The number of carbonyl (C=O) groups is 2. The number of ether oxygens (including phenoxy) is 1. The summed E-state index contributed by atoms with van der Waals surface area (Å²) in [5.74, 6) is 0.104. The second kappa shape index (κ2) is 8.37. The van der Waals surface area contributed by atoms with Crippen LogP contribution < -0.4 is 15.5 Å². The van der Waals surface area contributed by atoms with Crippen LogP contribution in [0, 0.1) is 5.41 Å². The third kappa shape index (κ3) is 3.95. The van der Waals surface area contributed by atoms with Gasteiger partial charge < -0.3 is 15.4 Å². The zero-order valence-electron chi connectivity index (χ0n) is 18.5. The molecule has 0 spiro atoms. The number of ketones is 1. The van der Waals surface area contributed by atoms with E-state index in [1.807, 2.05) is 41.8 Å². The zero-order chi connectivity index (χ0) is 22.3. The van der Waals surface area contributed by atoms with E-state index in [-0.39, 0.29) is 23.3 Å². The van der Waals surface area contributed by atoms with Gasteiger partial charge in [0.2, 0.25) is 0 Å². The van der Waals surface area contributed by atoms with Gasteiger partial charge in [-0.2, -0.15) is 0 Å². The molecule has 7 heteroatoms. The van der Waals surface area contributed by atoms with Gasteiger partial charge in [0.25, 0.3) is 0 Å².